The van der Waals surface area contributed by atoms with E-state index < -0.39 is 24.1 Å². The van der Waals surface area contributed by atoms with Gasteiger partial charge < -0.3 is 5.32 Å². The molecule has 1 aromatic carbocycles. The van der Waals surface area contributed by atoms with Crippen molar-refractivity contribution in [2.75, 3.05) is 5.32 Å². The Balaban J connectivity index is 3.13. The first-order chi connectivity index (χ1) is 8.38. The number of hydrogen-bond donors (Lipinski definition) is 1. The number of carbonyl (C=O) groups is 1. The molecule has 1 N–H and O–H groups in total. The van der Waals surface area contributed by atoms with Crippen molar-refractivity contribution in [3.8, 4) is 12.1 Å². The molecule has 1 aromatic rings. The lowest BCUT2D eigenvalue weighted by Gasteiger charge is -2.10. The van der Waals surface area contributed by atoms with E-state index in [4.69, 9.17) is 10.5 Å². The van der Waals surface area contributed by atoms with Gasteiger partial charge in [-0.15, -0.1) is 0 Å². The average molecular weight is 253 g/mol. The molecule has 0 aromatic heterocycles. The van der Waals surface area contributed by atoms with Gasteiger partial charge in [0.2, 0.25) is 5.91 Å². The molecule has 0 radical (unpaired) electrons. The predicted molar refractivity (Wildman–Crippen MR) is 55.0 cm³/mol. The predicted octanol–water partition coefficient (Wildman–Crippen LogP) is 2.43. The van der Waals surface area contributed by atoms with Crippen LogP contribution in [0.25, 0.3) is 0 Å². The van der Waals surface area contributed by atoms with Gasteiger partial charge >= 0.3 is 6.18 Å². The van der Waals surface area contributed by atoms with Crippen molar-refractivity contribution >= 4 is 11.6 Å². The third kappa shape index (κ3) is 3.22. The van der Waals surface area contributed by atoms with Crippen molar-refractivity contribution in [2.24, 2.45) is 0 Å². The fraction of sp³-hybridized carbons (Fsp3) is 0.182. The summed E-state index contributed by atoms with van der Waals surface area (Å²) < 4.78 is 37.3. The number of benzene rings is 1. The highest BCUT2D eigenvalue weighted by molar-refractivity contribution is 5.93. The monoisotopic (exact) mass is 253 g/mol. The molecule has 0 heterocycles. The first-order valence-electron chi connectivity index (χ1n) is 4.66. The Hall–Kier alpha value is -2.54. The molecule has 0 saturated carbocycles. The van der Waals surface area contributed by atoms with Crippen LogP contribution in [0.3, 0.4) is 0 Å². The smallest absolute Gasteiger partial charge is 0.324 e. The van der Waals surface area contributed by atoms with Gasteiger partial charge in [0.15, 0.2) is 0 Å². The van der Waals surface area contributed by atoms with Crippen molar-refractivity contribution < 1.29 is 18.0 Å². The minimum atomic E-state index is -4.57. The van der Waals surface area contributed by atoms with Gasteiger partial charge in [-0.1, -0.05) is 0 Å². The van der Waals surface area contributed by atoms with Crippen LogP contribution in [0.4, 0.5) is 18.9 Å². The Bertz CT molecular complexity index is 552. The Morgan fingerprint density at radius 2 is 2.00 bits per heavy atom. The summed E-state index contributed by atoms with van der Waals surface area (Å²) in [5.41, 5.74) is -1.34. The minimum absolute atomic E-state index is 0.103. The molecule has 0 unspecified atom stereocenters. The van der Waals surface area contributed by atoms with Crippen molar-refractivity contribution in [1.29, 1.82) is 10.5 Å². The summed E-state index contributed by atoms with van der Waals surface area (Å²) in [5.74, 6) is -0.770. The fourth-order valence-electron chi connectivity index (χ4n) is 1.19. The van der Waals surface area contributed by atoms with Crippen LogP contribution < -0.4 is 5.32 Å². The number of nitrogens with zero attached hydrogens (tertiary/aromatic N) is 2. The van der Waals surface area contributed by atoms with Crippen LogP contribution in [0.1, 0.15) is 17.5 Å². The van der Waals surface area contributed by atoms with Crippen molar-refractivity contribution in [3.05, 3.63) is 29.3 Å². The zero-order valence-electron chi connectivity index (χ0n) is 8.88. The van der Waals surface area contributed by atoms with Crippen molar-refractivity contribution in [3.63, 3.8) is 0 Å². The van der Waals surface area contributed by atoms with E-state index in [0.717, 1.165) is 12.1 Å². The maximum absolute atomic E-state index is 12.4. The van der Waals surface area contributed by atoms with Crippen LogP contribution in [0, 0.1) is 22.7 Å². The Labute approximate surface area is 100 Å². The van der Waals surface area contributed by atoms with Crippen LogP contribution in [0.2, 0.25) is 0 Å². The first kappa shape index (κ1) is 13.5. The summed E-state index contributed by atoms with van der Waals surface area (Å²) in [6.07, 6.45) is -5.07. The van der Waals surface area contributed by atoms with E-state index in [1.165, 1.54) is 0 Å². The molecule has 92 valence electrons. The number of amides is 1. The molecule has 1 amide bonds. The van der Waals surface area contributed by atoms with Gasteiger partial charge in [0.1, 0.15) is 12.5 Å². The lowest BCUT2D eigenvalue weighted by atomic mass is 10.1. The van der Waals surface area contributed by atoms with Gasteiger partial charge in [-0.3, -0.25) is 4.79 Å². The van der Waals surface area contributed by atoms with Crippen LogP contribution in [-0.4, -0.2) is 5.91 Å². The lowest BCUT2D eigenvalue weighted by Crippen LogP contribution is -2.13. The van der Waals surface area contributed by atoms with E-state index in [9.17, 15) is 18.0 Å². The van der Waals surface area contributed by atoms with E-state index in [1.807, 2.05) is 0 Å². The molecular formula is C11H6F3N3O. The van der Waals surface area contributed by atoms with Crippen molar-refractivity contribution in [2.45, 2.75) is 12.6 Å². The van der Waals surface area contributed by atoms with Gasteiger partial charge in [0.05, 0.1) is 22.9 Å². The second-order valence-electron chi connectivity index (χ2n) is 3.25. The highest BCUT2D eigenvalue weighted by Gasteiger charge is 2.31. The number of rotatable bonds is 2. The van der Waals surface area contributed by atoms with Gasteiger partial charge in [-0.2, -0.15) is 23.7 Å². The standard InChI is InChI=1S/C11H6F3N3O/c12-11(13,14)8-2-1-7(6-16)9(5-8)17-10(18)3-4-15/h1-2,5H,3H2,(H,17,18). The SMILES string of the molecule is N#CCC(=O)Nc1cc(C(F)(F)F)ccc1C#N. The third-order valence-electron chi connectivity index (χ3n) is 1.98. The number of hydrogen-bond acceptors (Lipinski definition) is 3. The number of nitrogens with one attached hydrogen (secondary N) is 1. The zero-order valence-corrected chi connectivity index (χ0v) is 8.88. The summed E-state index contributed by atoms with van der Waals surface area (Å²) in [7, 11) is 0. The third-order valence-corrected chi connectivity index (χ3v) is 1.98. The summed E-state index contributed by atoms with van der Waals surface area (Å²) >= 11 is 0. The normalized spacial score (nSPS) is 10.3. The first-order valence-corrected chi connectivity index (χ1v) is 4.66. The number of carbonyl (C=O) groups excluding carboxylic acids is 1. The van der Waals surface area contributed by atoms with Crippen molar-refractivity contribution in [1.82, 2.24) is 0 Å². The topological polar surface area (TPSA) is 76.7 Å². The van der Waals surface area contributed by atoms with Gasteiger partial charge in [0, 0.05) is 0 Å². The Morgan fingerprint density at radius 1 is 1.33 bits per heavy atom. The quantitative estimate of drug-likeness (QED) is 0.879. The molecule has 0 aliphatic rings. The molecule has 18 heavy (non-hydrogen) atoms. The zero-order chi connectivity index (χ0) is 13.8. The summed E-state index contributed by atoms with van der Waals surface area (Å²) in [6.45, 7) is 0. The molecule has 0 atom stereocenters. The van der Waals surface area contributed by atoms with Crippen LogP contribution >= 0.6 is 0 Å². The molecule has 1 rings (SSSR count). The fourth-order valence-corrected chi connectivity index (χ4v) is 1.19. The molecule has 0 fully saturated rings. The van der Waals surface area contributed by atoms with Crippen LogP contribution in [-0.2, 0) is 11.0 Å². The number of anilines is 1. The molecule has 0 spiro atoms. The number of alkyl halides is 3. The molecule has 7 heteroatoms. The molecule has 0 saturated heterocycles. The molecule has 0 aliphatic heterocycles. The second kappa shape index (κ2) is 5.19. The lowest BCUT2D eigenvalue weighted by molar-refractivity contribution is -0.137. The van der Waals surface area contributed by atoms with Gasteiger partial charge in [-0.25, -0.2) is 0 Å². The molecule has 0 aliphatic carbocycles. The Morgan fingerprint density at radius 3 is 2.50 bits per heavy atom. The summed E-state index contributed by atoms with van der Waals surface area (Å²) in [6, 6.07) is 5.58. The highest BCUT2D eigenvalue weighted by Crippen LogP contribution is 2.32. The highest BCUT2D eigenvalue weighted by atomic mass is 19.4. The van der Waals surface area contributed by atoms with E-state index in [0.29, 0.717) is 6.07 Å². The molecule has 0 bridgehead atoms. The van der Waals surface area contributed by atoms with Crippen LogP contribution in [0.15, 0.2) is 18.2 Å². The second-order valence-corrected chi connectivity index (χ2v) is 3.25. The molecular weight excluding hydrogens is 247 g/mol. The number of nitriles is 2. The Kier molecular flexibility index (Phi) is 3.90. The van der Waals surface area contributed by atoms with E-state index >= 15 is 0 Å². The average Bonchev–Trinajstić information content (AvgIpc) is 2.28. The van der Waals surface area contributed by atoms with E-state index in [2.05, 4.69) is 5.32 Å². The summed E-state index contributed by atoms with van der Waals surface area (Å²) in [4.78, 5) is 11.1. The van der Waals surface area contributed by atoms with E-state index in [1.54, 1.807) is 12.1 Å². The van der Waals surface area contributed by atoms with Gasteiger partial charge in [-0.05, 0) is 18.2 Å². The van der Waals surface area contributed by atoms with Crippen LogP contribution in [0.5, 0.6) is 0 Å². The summed E-state index contributed by atoms with van der Waals surface area (Å²) in [5, 5.41) is 19.1. The number of halogens is 3. The molecule has 4 nitrogen and oxygen atoms in total. The maximum Gasteiger partial charge on any atom is 0.416 e. The minimum Gasteiger partial charge on any atom is -0.324 e. The largest absolute Gasteiger partial charge is 0.416 e. The van der Waals surface area contributed by atoms with Gasteiger partial charge in [0.25, 0.3) is 0 Å². The maximum atomic E-state index is 12.4. The van der Waals surface area contributed by atoms with E-state index in [-0.39, 0.29) is 11.3 Å².